The third-order valence-electron chi connectivity index (χ3n) is 25.3. The van der Waals surface area contributed by atoms with E-state index in [0.29, 0.717) is 99.1 Å². The van der Waals surface area contributed by atoms with E-state index in [1.807, 2.05) is 85.7 Å². The summed E-state index contributed by atoms with van der Waals surface area (Å²) in [7, 11) is 4.50. The summed E-state index contributed by atoms with van der Waals surface area (Å²) in [5.74, 6) is 0.000183. The van der Waals surface area contributed by atoms with Gasteiger partial charge in [0, 0.05) is 98.4 Å². The fraction of sp³-hybridized carbons (Fsp3) is 0.602. The molecule has 4 aromatic heterocycles. The number of Topliss-reactive ketones (excluding diaryl/α,β-unsaturated/α-hetero) is 2. The summed E-state index contributed by atoms with van der Waals surface area (Å²) < 4.78 is 49.2. The summed E-state index contributed by atoms with van der Waals surface area (Å²) in [6, 6.07) is 16.3. The van der Waals surface area contributed by atoms with E-state index in [2.05, 4.69) is 15.0 Å². The van der Waals surface area contributed by atoms with E-state index in [1.54, 1.807) is 109 Å². The van der Waals surface area contributed by atoms with E-state index < -0.39 is 105 Å². The zero-order valence-corrected chi connectivity index (χ0v) is 69.9. The van der Waals surface area contributed by atoms with Gasteiger partial charge in [0.25, 0.3) is 11.8 Å². The maximum absolute atomic E-state index is 14.6. The van der Waals surface area contributed by atoms with Gasteiger partial charge in [0.05, 0.1) is 93.0 Å². The van der Waals surface area contributed by atoms with Gasteiger partial charge in [-0.2, -0.15) is 10.2 Å². The second-order valence-electron chi connectivity index (χ2n) is 36.7. The third kappa shape index (κ3) is 19.1. The molecule has 6 aromatic rings. The Bertz CT molecular complexity index is 4780. The SMILES string of the molecule is CC[C@@H]1C[C@]1(CC(=O)[C@@H]1C[C@@H](Oc2cc(-n3cccn3)nc3cc(OC)ccc23)CN1C(=O)C(CC(=O)OC(C)(C)C)C(C)(C)C)C(=O)OC.CC[C@@H]1C[C@]1(CC(=O)[C@@H]1C[C@@H](Oc2cc(-n3cccn3)nc3cc(OC)ccc23)CN1C(=O)C(CC(=O)OC1C[C@@H]2C[C@@H]2C1)C(C)(C)C)C(=O)O.O=C(OC1C[C@@H]2C[C@@H]2C1)ON1C(=O)CCC1=O. The first kappa shape index (κ1) is 85.3. The highest BCUT2D eigenvalue weighted by molar-refractivity contribution is 6.02. The molecule has 7 heterocycles. The van der Waals surface area contributed by atoms with E-state index in [-0.39, 0.29) is 112 Å². The van der Waals surface area contributed by atoms with Crippen molar-refractivity contribution in [2.24, 2.45) is 69.0 Å². The smallest absolute Gasteiger partial charge is 0.497 e. The molecule has 30 nitrogen and oxygen atoms in total. The number of benzene rings is 2. The van der Waals surface area contributed by atoms with Crippen molar-refractivity contribution in [2.45, 2.75) is 234 Å². The molecular formula is C88H111N9O21. The van der Waals surface area contributed by atoms with E-state index in [9.17, 15) is 57.8 Å². The lowest BCUT2D eigenvalue weighted by atomic mass is 9.77. The predicted molar refractivity (Wildman–Crippen MR) is 425 cm³/mol. The molecule has 4 unspecified atom stereocenters. The number of imide groups is 1. The molecule has 9 aliphatic rings. The standard InChI is InChI=1S/C39H48N4O8.C38H50N4O8.C11H13NO5/c1-6-24-19-39(24,37(47)48)20-32(44)31-16-27(50-33-18-34(43-11-7-10-40-43)41-30-15-25(49-5)8-9-28(30)33)21-42(31)36(46)29(38(2,3)4)17-35(45)51-26-13-22-12-23(22)14-26;1-10-23-20-38(23,35(46)48-9)21-30(43)29-17-25(22-41(29)34(45)27(36(2,3)4)18-33(44)50-37(5,6)7)49-31-19-32(42-15-11-14-39-42)40-28-16-24(47-8)12-13-26(28)31;13-9-1-2-10(14)12(9)17-11(15)16-8-4-6-3-7(6)5-8/h7-11,15,18,22-24,26-27,29,31H,6,12-14,16-17,19-21H2,1-5H3,(H,47,48);11-16,19,23,25,27,29H,10,17-18,20-22H2,1-9H3;6-8H,1-5H2/t22-,23+,24-,26?,27-,29?,31+,39-;23-,25-,27?,29+,38-;6-,7+,8?/m11./s1. The van der Waals surface area contributed by atoms with Crippen LogP contribution in [0.1, 0.15) is 192 Å². The first-order valence-corrected chi connectivity index (χ1v) is 41.4. The fourth-order valence-corrected chi connectivity index (χ4v) is 18.3. The molecule has 9 fully saturated rings. The lowest BCUT2D eigenvalue weighted by Crippen LogP contribution is -2.48. The van der Waals surface area contributed by atoms with Gasteiger partial charge >= 0.3 is 30.0 Å². The molecule has 1 N–H and O–H groups in total. The minimum Gasteiger partial charge on any atom is -0.497 e. The summed E-state index contributed by atoms with van der Waals surface area (Å²) >= 11 is 0. The number of methoxy groups -OCH3 is 3. The molecule has 0 spiro atoms. The van der Waals surface area contributed by atoms with Crippen LogP contribution >= 0.6 is 0 Å². The Kier molecular flexibility index (Phi) is 24.6. The molecule has 6 aliphatic carbocycles. The second kappa shape index (κ2) is 34.0. The third-order valence-corrected chi connectivity index (χ3v) is 25.3. The zero-order valence-electron chi connectivity index (χ0n) is 69.9. The summed E-state index contributed by atoms with van der Waals surface area (Å²) in [5, 5.41) is 20.8. The van der Waals surface area contributed by atoms with Crippen molar-refractivity contribution in [3.8, 4) is 34.6 Å². The lowest BCUT2D eigenvalue weighted by molar-refractivity contribution is -0.178. The molecule has 118 heavy (non-hydrogen) atoms. The number of fused-ring (bicyclic) bond motifs is 4. The monoisotopic (exact) mass is 1630 g/mol. The summed E-state index contributed by atoms with van der Waals surface area (Å²) in [5.41, 5.74) is -2.74. The van der Waals surface area contributed by atoms with Gasteiger partial charge in [-0.1, -0.05) is 73.3 Å². The van der Waals surface area contributed by atoms with Crippen molar-refractivity contribution in [1.29, 1.82) is 0 Å². The van der Waals surface area contributed by atoms with Gasteiger partial charge in [0.1, 0.15) is 53.0 Å². The molecular weight excluding hydrogens is 1520 g/mol. The molecule has 3 saturated heterocycles. The number of carbonyl (C=O) groups is 11. The van der Waals surface area contributed by atoms with Crippen molar-refractivity contribution >= 4 is 87.0 Å². The van der Waals surface area contributed by atoms with E-state index in [1.165, 1.54) is 20.0 Å². The molecule has 30 heteroatoms. The Morgan fingerprint density at radius 3 is 1.36 bits per heavy atom. The Morgan fingerprint density at radius 2 is 0.975 bits per heavy atom. The van der Waals surface area contributed by atoms with Crippen LogP contribution in [0.4, 0.5) is 4.79 Å². The number of hydroxylamine groups is 2. The van der Waals surface area contributed by atoms with Crippen molar-refractivity contribution in [3.05, 3.63) is 85.5 Å². The maximum Gasteiger partial charge on any atom is 0.534 e. The average Bonchev–Trinajstić information content (AvgIpc) is 1.57. The van der Waals surface area contributed by atoms with Gasteiger partial charge in [-0.25, -0.2) is 24.1 Å². The Labute approximate surface area is 686 Å². The summed E-state index contributed by atoms with van der Waals surface area (Å²) in [6.45, 7) is 20.9. The van der Waals surface area contributed by atoms with Crippen molar-refractivity contribution in [1.82, 2.24) is 44.4 Å². The van der Waals surface area contributed by atoms with Crippen LogP contribution < -0.4 is 18.9 Å². The van der Waals surface area contributed by atoms with Crippen LogP contribution in [0, 0.1) is 69.0 Å². The minimum absolute atomic E-state index is 0.0342. The van der Waals surface area contributed by atoms with Gasteiger partial charge in [0.15, 0.2) is 23.2 Å². The molecule has 16 atom stereocenters. The normalized spacial score (nSPS) is 26.9. The summed E-state index contributed by atoms with van der Waals surface area (Å²) in [4.78, 5) is 160. The van der Waals surface area contributed by atoms with Crippen LogP contribution in [-0.2, 0) is 71.7 Å². The van der Waals surface area contributed by atoms with Gasteiger partial charge in [-0.3, -0.25) is 52.8 Å². The number of hydrogen-bond acceptors (Lipinski definition) is 24. The molecule has 2 aromatic carbocycles. The topological polar surface area (TPSA) is 362 Å². The number of nitrogens with zero attached hydrogens (tertiary/aromatic N) is 9. The molecule has 634 valence electrons. The molecule has 3 aliphatic heterocycles. The van der Waals surface area contributed by atoms with Crippen LogP contribution in [0.25, 0.3) is 33.4 Å². The molecule has 0 radical (unpaired) electrons. The van der Waals surface area contributed by atoms with Gasteiger partial charge in [0.2, 0.25) is 11.8 Å². The quantitative estimate of drug-likeness (QED) is 0.0284. The van der Waals surface area contributed by atoms with Crippen LogP contribution in [0.3, 0.4) is 0 Å². The predicted octanol–water partition coefficient (Wildman–Crippen LogP) is 12.4. The number of aromatic nitrogens is 6. The van der Waals surface area contributed by atoms with Gasteiger partial charge < -0.3 is 52.8 Å². The Morgan fingerprint density at radius 1 is 0.542 bits per heavy atom. The van der Waals surface area contributed by atoms with Gasteiger partial charge in [-0.05, 0) is 155 Å². The number of hydrogen-bond donors (Lipinski definition) is 1. The fourth-order valence-electron chi connectivity index (χ4n) is 18.3. The molecule has 4 amide bonds. The highest BCUT2D eigenvalue weighted by Gasteiger charge is 2.63. The number of carbonyl (C=O) groups excluding carboxylic acids is 10. The average molecular weight is 1630 g/mol. The number of likely N-dealkylation sites (tertiary alicyclic amines) is 2. The second-order valence-corrected chi connectivity index (χ2v) is 36.7. The van der Waals surface area contributed by atoms with Crippen LogP contribution in [0.2, 0.25) is 0 Å². The van der Waals surface area contributed by atoms with Crippen LogP contribution in [-0.4, -0.2) is 191 Å². The number of rotatable bonds is 27. The van der Waals surface area contributed by atoms with E-state index >= 15 is 0 Å². The van der Waals surface area contributed by atoms with Crippen molar-refractivity contribution in [2.75, 3.05) is 34.4 Å². The number of ether oxygens (including phenoxy) is 8. The first-order valence-electron chi connectivity index (χ1n) is 41.4. The zero-order chi connectivity index (χ0) is 84.8. The van der Waals surface area contributed by atoms with Gasteiger partial charge in [-0.15, -0.1) is 0 Å². The minimum atomic E-state index is -1.12. The van der Waals surface area contributed by atoms with Crippen LogP contribution in [0.15, 0.2) is 85.5 Å². The molecule has 0 bridgehead atoms. The maximum atomic E-state index is 14.6. The highest BCUT2D eigenvalue weighted by Crippen LogP contribution is 2.60. The number of pyridine rings is 2. The largest absolute Gasteiger partial charge is 0.534 e. The van der Waals surface area contributed by atoms with Crippen LogP contribution in [0.5, 0.6) is 23.0 Å². The molecule has 6 saturated carbocycles. The van der Waals surface area contributed by atoms with Crippen molar-refractivity contribution < 1.29 is 101 Å². The number of carboxylic acids is 1. The lowest BCUT2D eigenvalue weighted by Gasteiger charge is -2.35. The first-order chi connectivity index (χ1) is 55.9. The Hall–Kier alpha value is -10.5. The number of ketones is 2. The number of carboxylic acid groups (broad SMARTS) is 1. The van der Waals surface area contributed by atoms with E-state index in [0.717, 1.165) is 37.5 Å². The number of amides is 4. The number of aliphatic carboxylic acids is 1. The van der Waals surface area contributed by atoms with E-state index in [4.69, 9.17) is 47.9 Å². The highest BCUT2D eigenvalue weighted by atomic mass is 16.8. The number of esters is 3. The van der Waals surface area contributed by atoms with Crippen molar-refractivity contribution in [3.63, 3.8) is 0 Å². The summed E-state index contributed by atoms with van der Waals surface area (Å²) in [6.07, 6.45) is 13.0. The molecule has 15 rings (SSSR count). The Balaban J connectivity index is 0.000000170.